The number of hydrogen-bond acceptors (Lipinski definition) is 0. The van der Waals surface area contributed by atoms with Crippen LogP contribution >= 0.6 is 0 Å². The summed E-state index contributed by atoms with van der Waals surface area (Å²) in [5.41, 5.74) is 0. The lowest BCUT2D eigenvalue weighted by atomic mass is 10.0. The van der Waals surface area contributed by atoms with Crippen molar-refractivity contribution in [1.82, 2.24) is 0 Å². The largest absolute Gasteiger partial charge is 0.0784 e. The maximum Gasteiger partial charge on any atom is 0.0784 e. The molecule has 0 saturated carbocycles. The molecule has 3 aromatic rings. The van der Waals surface area contributed by atoms with E-state index in [0.29, 0.717) is 0 Å². The Balaban J connectivity index is 2.48. The number of fused-ring (bicyclic) bond motifs is 3. The molecule has 0 aliphatic heterocycles. The van der Waals surface area contributed by atoms with E-state index in [9.17, 15) is 0 Å². The number of benzene rings is 3. The van der Waals surface area contributed by atoms with Gasteiger partial charge in [-0.2, -0.15) is 0 Å². The summed E-state index contributed by atoms with van der Waals surface area (Å²) in [6.07, 6.45) is 0. The summed E-state index contributed by atoms with van der Waals surface area (Å²) < 4.78 is 0. The minimum absolute atomic E-state index is 1.29. The van der Waals surface area contributed by atoms with Crippen molar-refractivity contribution in [1.29, 1.82) is 0 Å². The highest BCUT2D eigenvalue weighted by Crippen LogP contribution is 2.25. The first-order valence-corrected chi connectivity index (χ1v) is 9.98. The molecule has 0 atom stereocenters. The summed E-state index contributed by atoms with van der Waals surface area (Å²) >= 11 is 0. The molecule has 0 heterocycles. The highest BCUT2D eigenvalue weighted by atomic mass is 28.3. The second-order valence-electron chi connectivity index (χ2n) is 5.94. The van der Waals surface area contributed by atoms with Crippen molar-refractivity contribution in [2.24, 2.45) is 0 Å². The van der Waals surface area contributed by atoms with E-state index in [1.807, 2.05) is 0 Å². The Kier molecular flexibility index (Phi) is 2.53. The molecule has 0 nitrogen and oxygen atoms in total. The van der Waals surface area contributed by atoms with E-state index in [4.69, 9.17) is 0 Å². The van der Waals surface area contributed by atoms with Gasteiger partial charge in [0, 0.05) is 0 Å². The van der Waals surface area contributed by atoms with Crippen LogP contribution in [0.25, 0.3) is 21.5 Å². The topological polar surface area (TPSA) is 0 Å². The van der Waals surface area contributed by atoms with Crippen molar-refractivity contribution in [2.75, 3.05) is 0 Å². The standard InChI is InChI=1S/C17H18Si/c1-18(2,3)17-10-6-9-15-14-8-5-4-7-13(14)11-12-16(15)17/h4-12H,1-3H3. The molecule has 0 N–H and O–H groups in total. The van der Waals surface area contributed by atoms with E-state index in [0.717, 1.165) is 0 Å². The Morgan fingerprint density at radius 2 is 1.33 bits per heavy atom. The molecule has 3 aromatic carbocycles. The van der Waals surface area contributed by atoms with Gasteiger partial charge in [0.2, 0.25) is 0 Å². The lowest BCUT2D eigenvalue weighted by Crippen LogP contribution is -2.37. The lowest BCUT2D eigenvalue weighted by Gasteiger charge is -2.19. The highest BCUT2D eigenvalue weighted by Gasteiger charge is 2.19. The minimum Gasteiger partial charge on any atom is -0.0656 e. The van der Waals surface area contributed by atoms with Crippen LogP contribution in [-0.2, 0) is 0 Å². The first-order chi connectivity index (χ1) is 8.57. The summed E-state index contributed by atoms with van der Waals surface area (Å²) in [5.74, 6) is 0. The second kappa shape index (κ2) is 3.96. The van der Waals surface area contributed by atoms with Crippen LogP contribution in [0.5, 0.6) is 0 Å². The molecule has 0 spiro atoms. The van der Waals surface area contributed by atoms with E-state index < -0.39 is 8.07 Å². The fourth-order valence-electron chi connectivity index (χ4n) is 2.69. The fraction of sp³-hybridized carbons (Fsp3) is 0.176. The summed E-state index contributed by atoms with van der Waals surface area (Å²) in [6, 6.07) is 20.0. The van der Waals surface area contributed by atoms with Gasteiger partial charge in [0.1, 0.15) is 0 Å². The zero-order chi connectivity index (χ0) is 12.8. The molecule has 0 bridgehead atoms. The van der Waals surface area contributed by atoms with E-state index in [1.54, 1.807) is 5.19 Å². The van der Waals surface area contributed by atoms with Crippen LogP contribution in [0.1, 0.15) is 0 Å². The smallest absolute Gasteiger partial charge is 0.0656 e. The average Bonchev–Trinajstić information content (AvgIpc) is 2.36. The van der Waals surface area contributed by atoms with Crippen LogP contribution in [0.2, 0.25) is 19.6 Å². The molecule has 0 fully saturated rings. The summed E-state index contributed by atoms with van der Waals surface area (Å²) in [6.45, 7) is 7.24. The SMILES string of the molecule is C[Si](C)(C)c1cccc2c1ccc1ccccc12. The average molecular weight is 250 g/mol. The molecule has 90 valence electrons. The third-order valence-corrected chi connectivity index (χ3v) is 5.65. The quantitative estimate of drug-likeness (QED) is 0.439. The highest BCUT2D eigenvalue weighted by molar-refractivity contribution is 6.90. The summed E-state index contributed by atoms with van der Waals surface area (Å²) in [4.78, 5) is 0. The van der Waals surface area contributed by atoms with Crippen molar-refractivity contribution in [2.45, 2.75) is 19.6 Å². The molecule has 0 saturated heterocycles. The molecule has 0 aromatic heterocycles. The van der Waals surface area contributed by atoms with Gasteiger partial charge in [-0.25, -0.2) is 0 Å². The summed E-state index contributed by atoms with van der Waals surface area (Å²) in [5, 5.41) is 7.10. The third-order valence-electron chi connectivity index (χ3n) is 3.59. The minimum atomic E-state index is -1.29. The van der Waals surface area contributed by atoms with Crippen LogP contribution in [0.4, 0.5) is 0 Å². The first-order valence-electron chi connectivity index (χ1n) is 6.48. The molecule has 0 unspecified atom stereocenters. The molecule has 3 rings (SSSR count). The molecule has 0 amide bonds. The van der Waals surface area contributed by atoms with Gasteiger partial charge >= 0.3 is 0 Å². The Morgan fingerprint density at radius 3 is 2.11 bits per heavy atom. The zero-order valence-electron chi connectivity index (χ0n) is 11.2. The van der Waals surface area contributed by atoms with Crippen LogP contribution < -0.4 is 5.19 Å². The van der Waals surface area contributed by atoms with E-state index in [2.05, 4.69) is 74.2 Å². The van der Waals surface area contributed by atoms with Crippen LogP contribution in [-0.4, -0.2) is 8.07 Å². The normalized spacial score (nSPS) is 12.2. The van der Waals surface area contributed by atoms with Crippen molar-refractivity contribution < 1.29 is 0 Å². The third kappa shape index (κ3) is 1.75. The van der Waals surface area contributed by atoms with E-state index >= 15 is 0 Å². The van der Waals surface area contributed by atoms with Gasteiger partial charge in [-0.3, -0.25) is 0 Å². The molecular formula is C17H18Si. The molecule has 0 aliphatic rings. The maximum atomic E-state index is 2.41. The lowest BCUT2D eigenvalue weighted by molar-refractivity contribution is 1.72. The van der Waals surface area contributed by atoms with Gasteiger partial charge in [-0.15, -0.1) is 0 Å². The van der Waals surface area contributed by atoms with Gasteiger partial charge in [-0.05, 0) is 21.5 Å². The van der Waals surface area contributed by atoms with Crippen molar-refractivity contribution in [3.8, 4) is 0 Å². The van der Waals surface area contributed by atoms with Gasteiger partial charge in [0.15, 0.2) is 0 Å². The summed E-state index contributed by atoms with van der Waals surface area (Å²) in [7, 11) is -1.29. The molecular weight excluding hydrogens is 232 g/mol. The van der Waals surface area contributed by atoms with Crippen molar-refractivity contribution >= 4 is 34.8 Å². The number of hydrogen-bond donors (Lipinski definition) is 0. The van der Waals surface area contributed by atoms with Gasteiger partial charge in [-0.1, -0.05) is 79.4 Å². The van der Waals surface area contributed by atoms with Crippen LogP contribution in [0.3, 0.4) is 0 Å². The molecule has 18 heavy (non-hydrogen) atoms. The molecule has 1 heteroatoms. The van der Waals surface area contributed by atoms with Crippen LogP contribution in [0.15, 0.2) is 54.6 Å². The Hall–Kier alpha value is -1.60. The predicted molar refractivity (Wildman–Crippen MR) is 84.4 cm³/mol. The van der Waals surface area contributed by atoms with Crippen LogP contribution in [0, 0.1) is 0 Å². The Bertz CT molecular complexity index is 720. The first kappa shape index (κ1) is 11.5. The zero-order valence-corrected chi connectivity index (χ0v) is 12.2. The molecule has 0 radical (unpaired) electrons. The predicted octanol–water partition coefficient (Wildman–Crippen LogP) is 4.54. The Morgan fingerprint density at radius 1 is 0.611 bits per heavy atom. The number of rotatable bonds is 1. The fourth-order valence-corrected chi connectivity index (χ4v) is 4.32. The van der Waals surface area contributed by atoms with Gasteiger partial charge in [0.05, 0.1) is 8.07 Å². The van der Waals surface area contributed by atoms with Crippen molar-refractivity contribution in [3.63, 3.8) is 0 Å². The maximum absolute atomic E-state index is 2.41. The van der Waals surface area contributed by atoms with Gasteiger partial charge in [0.25, 0.3) is 0 Å². The Labute approximate surface area is 109 Å². The van der Waals surface area contributed by atoms with E-state index in [1.165, 1.54) is 21.5 Å². The monoisotopic (exact) mass is 250 g/mol. The second-order valence-corrected chi connectivity index (χ2v) is 11.0. The van der Waals surface area contributed by atoms with Crippen molar-refractivity contribution in [3.05, 3.63) is 54.6 Å². The molecule has 0 aliphatic carbocycles. The van der Waals surface area contributed by atoms with E-state index in [-0.39, 0.29) is 0 Å². The van der Waals surface area contributed by atoms with Gasteiger partial charge < -0.3 is 0 Å².